The van der Waals surface area contributed by atoms with Crippen LogP contribution >= 0.6 is 0 Å². The minimum Gasteiger partial charge on any atom is -0.465 e. The van der Waals surface area contributed by atoms with Crippen LogP contribution in [0.25, 0.3) is 0 Å². The van der Waals surface area contributed by atoms with Crippen molar-refractivity contribution in [2.24, 2.45) is 0 Å². The molecule has 152 valence electrons. The Morgan fingerprint density at radius 2 is 1.82 bits per heavy atom. The van der Waals surface area contributed by atoms with Crippen molar-refractivity contribution >= 4 is 27.4 Å². The van der Waals surface area contributed by atoms with Gasteiger partial charge in [-0.3, -0.25) is 4.72 Å². The molecular formula is C20H26N2O5S. The molecule has 0 saturated carbocycles. The monoisotopic (exact) mass is 406 g/mol. The Morgan fingerprint density at radius 1 is 1.11 bits per heavy atom. The molecule has 28 heavy (non-hydrogen) atoms. The number of carbonyl (C=O) groups excluding carboxylic acids is 1. The van der Waals surface area contributed by atoms with E-state index in [4.69, 9.17) is 9.47 Å². The highest BCUT2D eigenvalue weighted by atomic mass is 32.2. The van der Waals surface area contributed by atoms with Gasteiger partial charge in [-0.25, -0.2) is 13.2 Å². The molecule has 0 saturated heterocycles. The van der Waals surface area contributed by atoms with Crippen molar-refractivity contribution in [3.05, 3.63) is 53.6 Å². The molecule has 0 aliphatic rings. The zero-order valence-corrected chi connectivity index (χ0v) is 17.1. The van der Waals surface area contributed by atoms with Gasteiger partial charge in [0.05, 0.1) is 18.4 Å². The number of benzene rings is 2. The molecule has 2 N–H and O–H groups in total. The molecule has 7 nitrogen and oxygen atoms in total. The van der Waals surface area contributed by atoms with Crippen LogP contribution in [0.3, 0.4) is 0 Å². The summed E-state index contributed by atoms with van der Waals surface area (Å²) in [7, 11) is -2.67. The number of nitrogens with one attached hydrogen (secondary N) is 2. The predicted molar refractivity (Wildman–Crippen MR) is 109 cm³/mol. The third-order valence-electron chi connectivity index (χ3n) is 3.98. The zero-order chi connectivity index (χ0) is 20.6. The Balaban J connectivity index is 2.30. The molecule has 0 bridgehead atoms. The van der Waals surface area contributed by atoms with Crippen LogP contribution in [0.5, 0.6) is 0 Å². The van der Waals surface area contributed by atoms with Gasteiger partial charge in [-0.05, 0) is 50.6 Å². The molecule has 0 aromatic heterocycles. The lowest BCUT2D eigenvalue weighted by Crippen LogP contribution is -2.17. The van der Waals surface area contributed by atoms with Crippen LogP contribution in [0.4, 0.5) is 11.4 Å². The summed E-state index contributed by atoms with van der Waals surface area (Å²) in [6.07, 6.45) is 0.720. The smallest absolute Gasteiger partial charge is 0.337 e. The first-order chi connectivity index (χ1) is 13.4. The zero-order valence-electron chi connectivity index (χ0n) is 16.3. The number of hydrogen-bond acceptors (Lipinski definition) is 6. The molecule has 0 radical (unpaired) electrons. The molecule has 0 aliphatic carbocycles. The first kappa shape index (κ1) is 21.7. The lowest BCUT2D eigenvalue weighted by Gasteiger charge is -2.15. The Morgan fingerprint density at radius 3 is 2.46 bits per heavy atom. The quantitative estimate of drug-likeness (QED) is 0.464. The van der Waals surface area contributed by atoms with Gasteiger partial charge in [0, 0.05) is 25.4 Å². The van der Waals surface area contributed by atoms with E-state index in [9.17, 15) is 13.2 Å². The minimum atomic E-state index is -3.92. The molecule has 0 aliphatic heterocycles. The number of aryl methyl sites for hydroxylation is 1. The summed E-state index contributed by atoms with van der Waals surface area (Å²) in [4.78, 5) is 11.8. The Labute approximate surface area is 166 Å². The molecule has 2 aromatic rings. The minimum absolute atomic E-state index is 0.0209. The van der Waals surface area contributed by atoms with Gasteiger partial charge in [-0.2, -0.15) is 0 Å². The summed E-state index contributed by atoms with van der Waals surface area (Å²) in [6.45, 7) is 5.58. The van der Waals surface area contributed by atoms with E-state index in [2.05, 4.69) is 10.0 Å². The first-order valence-electron chi connectivity index (χ1n) is 9.01. The van der Waals surface area contributed by atoms with Crippen molar-refractivity contribution in [2.75, 3.05) is 36.9 Å². The molecular weight excluding hydrogens is 380 g/mol. The van der Waals surface area contributed by atoms with Crippen LogP contribution in [0.2, 0.25) is 0 Å². The molecule has 2 aromatic carbocycles. The standard InChI is InChI=1S/C20H26N2O5S/c1-4-27-13-5-12-21-18-11-8-16(20(23)26-3)14-19(18)28(24,25)22-17-9-6-15(2)7-10-17/h6-11,14,21-22H,4-5,12-13H2,1-3H3. The van der Waals surface area contributed by atoms with E-state index in [0.29, 0.717) is 31.1 Å². The molecule has 8 heteroatoms. The van der Waals surface area contributed by atoms with Crippen molar-refractivity contribution < 1.29 is 22.7 Å². The molecule has 0 unspecified atom stereocenters. The van der Waals surface area contributed by atoms with Crippen molar-refractivity contribution in [3.8, 4) is 0 Å². The average Bonchev–Trinajstić information content (AvgIpc) is 2.69. The molecule has 2 rings (SSSR count). The highest BCUT2D eigenvalue weighted by molar-refractivity contribution is 7.92. The third-order valence-corrected chi connectivity index (χ3v) is 5.40. The van der Waals surface area contributed by atoms with Crippen LogP contribution in [0.15, 0.2) is 47.4 Å². The predicted octanol–water partition coefficient (Wildman–Crippen LogP) is 3.42. The fourth-order valence-corrected chi connectivity index (χ4v) is 3.78. The number of anilines is 2. The fraction of sp³-hybridized carbons (Fsp3) is 0.350. The van der Waals surface area contributed by atoms with Gasteiger partial charge >= 0.3 is 5.97 Å². The Kier molecular flexibility index (Phi) is 7.83. The number of carbonyl (C=O) groups is 1. The number of rotatable bonds is 10. The van der Waals surface area contributed by atoms with E-state index in [-0.39, 0.29) is 10.5 Å². The molecule has 0 spiro atoms. The van der Waals surface area contributed by atoms with E-state index >= 15 is 0 Å². The Bertz CT molecular complexity index is 895. The van der Waals surface area contributed by atoms with Crippen LogP contribution in [-0.2, 0) is 19.5 Å². The van der Waals surface area contributed by atoms with Crippen molar-refractivity contribution in [3.63, 3.8) is 0 Å². The maximum absolute atomic E-state index is 13.0. The summed E-state index contributed by atoms with van der Waals surface area (Å²) in [5, 5.41) is 3.11. The fourth-order valence-electron chi connectivity index (χ4n) is 2.51. The van der Waals surface area contributed by atoms with Gasteiger partial charge in [0.2, 0.25) is 0 Å². The number of esters is 1. The second-order valence-corrected chi connectivity index (χ2v) is 7.80. The van der Waals surface area contributed by atoms with E-state index in [1.807, 2.05) is 26.0 Å². The van der Waals surface area contributed by atoms with E-state index in [1.54, 1.807) is 18.2 Å². The summed E-state index contributed by atoms with van der Waals surface area (Å²) in [5.74, 6) is -0.602. The molecule has 0 atom stereocenters. The number of hydrogen-bond donors (Lipinski definition) is 2. The van der Waals surface area contributed by atoms with Crippen LogP contribution in [0.1, 0.15) is 29.3 Å². The SMILES string of the molecule is CCOCCCNc1ccc(C(=O)OC)cc1S(=O)(=O)Nc1ccc(C)cc1. The lowest BCUT2D eigenvalue weighted by molar-refractivity contribution is 0.0600. The molecule has 0 amide bonds. The highest BCUT2D eigenvalue weighted by Gasteiger charge is 2.21. The maximum atomic E-state index is 13.0. The van der Waals surface area contributed by atoms with Gasteiger partial charge in [0.15, 0.2) is 0 Å². The van der Waals surface area contributed by atoms with Crippen molar-refractivity contribution in [1.82, 2.24) is 0 Å². The van der Waals surface area contributed by atoms with Crippen molar-refractivity contribution in [1.29, 1.82) is 0 Å². The van der Waals surface area contributed by atoms with E-state index in [1.165, 1.54) is 19.2 Å². The van der Waals surface area contributed by atoms with E-state index in [0.717, 1.165) is 12.0 Å². The maximum Gasteiger partial charge on any atom is 0.337 e. The third kappa shape index (κ3) is 5.97. The van der Waals surface area contributed by atoms with Crippen LogP contribution < -0.4 is 10.0 Å². The second kappa shape index (κ2) is 10.1. The van der Waals surface area contributed by atoms with Crippen LogP contribution in [-0.4, -0.2) is 41.3 Å². The summed E-state index contributed by atoms with van der Waals surface area (Å²) in [5.41, 5.74) is 2.03. The number of methoxy groups -OCH3 is 1. The van der Waals surface area contributed by atoms with E-state index < -0.39 is 16.0 Å². The van der Waals surface area contributed by atoms with Gasteiger partial charge in [0.1, 0.15) is 4.90 Å². The largest absolute Gasteiger partial charge is 0.465 e. The highest BCUT2D eigenvalue weighted by Crippen LogP contribution is 2.26. The second-order valence-electron chi connectivity index (χ2n) is 6.15. The van der Waals surface area contributed by atoms with Crippen LogP contribution in [0, 0.1) is 6.92 Å². The first-order valence-corrected chi connectivity index (χ1v) is 10.5. The summed E-state index contributed by atoms with van der Waals surface area (Å²) >= 11 is 0. The molecule has 0 heterocycles. The van der Waals surface area contributed by atoms with Gasteiger partial charge in [-0.1, -0.05) is 17.7 Å². The van der Waals surface area contributed by atoms with Gasteiger partial charge in [-0.15, -0.1) is 0 Å². The topological polar surface area (TPSA) is 93.7 Å². The normalized spacial score (nSPS) is 11.1. The molecule has 0 fully saturated rings. The Hall–Kier alpha value is -2.58. The van der Waals surface area contributed by atoms with Crippen molar-refractivity contribution in [2.45, 2.75) is 25.2 Å². The van der Waals surface area contributed by atoms with Gasteiger partial charge in [0.25, 0.3) is 10.0 Å². The number of ether oxygens (including phenoxy) is 2. The summed E-state index contributed by atoms with van der Waals surface area (Å²) in [6, 6.07) is 11.4. The number of sulfonamides is 1. The van der Waals surface area contributed by atoms with Gasteiger partial charge < -0.3 is 14.8 Å². The lowest BCUT2D eigenvalue weighted by atomic mass is 10.2. The average molecular weight is 407 g/mol. The summed E-state index contributed by atoms with van der Waals surface area (Å²) < 4.78 is 38.5.